The van der Waals surface area contributed by atoms with E-state index in [1.165, 1.54) is 0 Å². The van der Waals surface area contributed by atoms with Crippen LogP contribution >= 0.6 is 34.8 Å². The predicted octanol–water partition coefficient (Wildman–Crippen LogP) is 5.64. The third-order valence-electron chi connectivity index (χ3n) is 7.58. The Morgan fingerprint density at radius 2 is 1.68 bits per heavy atom. The summed E-state index contributed by atoms with van der Waals surface area (Å²) in [5, 5.41) is 4.76. The first kappa shape index (κ1) is 29.0. The zero-order valence-corrected chi connectivity index (χ0v) is 24.6. The van der Waals surface area contributed by atoms with Crippen molar-refractivity contribution in [1.82, 2.24) is 20.1 Å². The number of aromatic nitrogens is 1. The fourth-order valence-electron chi connectivity index (χ4n) is 5.37. The lowest BCUT2D eigenvalue weighted by Crippen LogP contribution is -2.53. The monoisotopic (exact) mass is 601 g/mol. The van der Waals surface area contributed by atoms with Crippen LogP contribution in [0.2, 0.25) is 15.1 Å². The summed E-state index contributed by atoms with van der Waals surface area (Å²) < 4.78 is 5.63. The highest BCUT2D eigenvalue weighted by Crippen LogP contribution is 2.28. The Kier molecular flexibility index (Phi) is 10.0. The molecule has 2 aromatic carbocycles. The average molecular weight is 603 g/mol. The fourth-order valence-corrected chi connectivity index (χ4v) is 6.13. The molecule has 1 aromatic heterocycles. The standard InChI is InChI=1S/C30H34Cl3N5O2/c31-24-7-6-22(27(32)19-24)21-36-11-8-25(9-12-36)37-13-15-38(16-14-37)29-28(33)18-23(20-35-29)30(39)34-10-17-40-26-4-2-1-3-5-26/h1-7,18-20,25H,8-17,21H2,(H,34,39). The quantitative estimate of drug-likeness (QED) is 0.320. The maximum atomic E-state index is 12.6. The molecule has 2 saturated heterocycles. The van der Waals surface area contributed by atoms with Gasteiger partial charge in [0, 0.05) is 55.0 Å². The Balaban J connectivity index is 1.05. The number of halogens is 3. The fraction of sp³-hybridized carbons (Fsp3) is 0.400. The zero-order chi connectivity index (χ0) is 27.9. The van der Waals surface area contributed by atoms with E-state index in [0.29, 0.717) is 34.8 Å². The first-order valence-corrected chi connectivity index (χ1v) is 14.9. The van der Waals surface area contributed by atoms with Crippen LogP contribution < -0.4 is 15.0 Å². The molecule has 2 fully saturated rings. The number of ether oxygens (including phenoxy) is 1. The van der Waals surface area contributed by atoms with Gasteiger partial charge in [-0.2, -0.15) is 0 Å². The summed E-state index contributed by atoms with van der Waals surface area (Å²) in [4.78, 5) is 24.4. The molecule has 7 nitrogen and oxygen atoms in total. The van der Waals surface area contributed by atoms with Gasteiger partial charge >= 0.3 is 0 Å². The Morgan fingerprint density at radius 1 is 0.925 bits per heavy atom. The maximum absolute atomic E-state index is 12.6. The SMILES string of the molecule is O=C(NCCOc1ccccc1)c1cnc(N2CCN(C3CCN(Cc4ccc(Cl)cc4Cl)CC3)CC2)c(Cl)c1. The number of hydrogen-bond donors (Lipinski definition) is 1. The van der Waals surface area contributed by atoms with Crippen LogP contribution in [0.3, 0.4) is 0 Å². The summed E-state index contributed by atoms with van der Waals surface area (Å²) >= 11 is 19.0. The van der Waals surface area contributed by atoms with E-state index in [9.17, 15) is 4.79 Å². The molecule has 212 valence electrons. The molecule has 40 heavy (non-hydrogen) atoms. The molecule has 5 rings (SSSR count). The molecule has 1 amide bonds. The summed E-state index contributed by atoms with van der Waals surface area (Å²) in [6.07, 6.45) is 3.89. The van der Waals surface area contributed by atoms with Crippen molar-refractivity contribution in [1.29, 1.82) is 0 Å². The molecule has 0 saturated carbocycles. The minimum absolute atomic E-state index is 0.216. The van der Waals surface area contributed by atoms with Gasteiger partial charge in [-0.05, 0) is 61.8 Å². The zero-order valence-electron chi connectivity index (χ0n) is 22.4. The van der Waals surface area contributed by atoms with Gasteiger partial charge in [0.1, 0.15) is 18.2 Å². The first-order chi connectivity index (χ1) is 19.5. The summed E-state index contributed by atoms with van der Waals surface area (Å²) in [5.41, 5.74) is 1.57. The van der Waals surface area contributed by atoms with Crippen LogP contribution in [0.15, 0.2) is 60.8 Å². The van der Waals surface area contributed by atoms with Crippen LogP contribution in [0.25, 0.3) is 0 Å². The summed E-state index contributed by atoms with van der Waals surface area (Å²) in [6, 6.07) is 17.5. The second-order valence-corrected chi connectivity index (χ2v) is 11.5. The average Bonchev–Trinajstić information content (AvgIpc) is 2.98. The van der Waals surface area contributed by atoms with Gasteiger partial charge in [-0.1, -0.05) is 59.1 Å². The minimum atomic E-state index is -0.216. The van der Waals surface area contributed by atoms with Crippen LogP contribution in [0.1, 0.15) is 28.8 Å². The first-order valence-electron chi connectivity index (χ1n) is 13.7. The van der Waals surface area contributed by atoms with Gasteiger partial charge in [-0.3, -0.25) is 14.6 Å². The molecular formula is C30H34Cl3N5O2. The van der Waals surface area contributed by atoms with E-state index >= 15 is 0 Å². The van der Waals surface area contributed by atoms with Gasteiger partial charge in [0.05, 0.1) is 17.1 Å². The Morgan fingerprint density at radius 3 is 2.38 bits per heavy atom. The molecule has 2 aliphatic heterocycles. The number of pyridine rings is 1. The third kappa shape index (κ3) is 7.59. The molecule has 1 N–H and O–H groups in total. The normalized spacial score (nSPS) is 17.1. The number of carbonyl (C=O) groups is 1. The van der Waals surface area contributed by atoms with Gasteiger partial charge < -0.3 is 15.0 Å². The van der Waals surface area contributed by atoms with Crippen molar-refractivity contribution in [2.75, 3.05) is 57.3 Å². The van der Waals surface area contributed by atoms with Crippen LogP contribution in [-0.4, -0.2) is 79.2 Å². The lowest BCUT2D eigenvalue weighted by molar-refractivity contribution is 0.0946. The van der Waals surface area contributed by atoms with Gasteiger partial charge in [0.15, 0.2) is 0 Å². The van der Waals surface area contributed by atoms with Gasteiger partial charge in [-0.25, -0.2) is 4.98 Å². The number of nitrogens with one attached hydrogen (secondary N) is 1. The number of benzene rings is 2. The number of nitrogens with zero attached hydrogens (tertiary/aromatic N) is 4. The number of carbonyl (C=O) groups excluding carboxylic acids is 1. The molecule has 2 aliphatic rings. The van der Waals surface area contributed by atoms with Gasteiger partial charge in [-0.15, -0.1) is 0 Å². The summed E-state index contributed by atoms with van der Waals surface area (Å²) in [7, 11) is 0. The number of piperidine rings is 1. The Hall–Kier alpha value is -2.55. The van der Waals surface area contributed by atoms with E-state index in [1.807, 2.05) is 48.5 Å². The number of amides is 1. The van der Waals surface area contributed by atoms with Crippen LogP contribution in [0.4, 0.5) is 5.82 Å². The van der Waals surface area contributed by atoms with E-state index in [4.69, 9.17) is 39.5 Å². The lowest BCUT2D eigenvalue weighted by atomic mass is 10.0. The van der Waals surface area contributed by atoms with E-state index in [-0.39, 0.29) is 5.91 Å². The van der Waals surface area contributed by atoms with Crippen molar-refractivity contribution in [2.24, 2.45) is 0 Å². The molecule has 0 bridgehead atoms. The lowest BCUT2D eigenvalue weighted by Gasteiger charge is -2.43. The molecule has 3 heterocycles. The predicted molar refractivity (Wildman–Crippen MR) is 162 cm³/mol. The van der Waals surface area contributed by atoms with E-state index in [2.05, 4.69) is 25.0 Å². The van der Waals surface area contributed by atoms with Crippen LogP contribution in [0.5, 0.6) is 5.75 Å². The van der Waals surface area contributed by atoms with Crippen LogP contribution in [0, 0.1) is 0 Å². The number of likely N-dealkylation sites (tertiary alicyclic amines) is 1. The molecule has 0 aliphatic carbocycles. The van der Waals surface area contributed by atoms with Crippen molar-refractivity contribution < 1.29 is 9.53 Å². The van der Waals surface area contributed by atoms with Crippen molar-refractivity contribution in [2.45, 2.75) is 25.4 Å². The Bertz CT molecular complexity index is 1280. The van der Waals surface area contributed by atoms with E-state index in [0.717, 1.165) is 80.8 Å². The van der Waals surface area contributed by atoms with Crippen molar-refractivity contribution >= 4 is 46.5 Å². The largest absolute Gasteiger partial charge is 0.492 e. The third-order valence-corrected chi connectivity index (χ3v) is 8.44. The highest BCUT2D eigenvalue weighted by atomic mass is 35.5. The molecule has 0 atom stereocenters. The van der Waals surface area contributed by atoms with Crippen molar-refractivity contribution in [3.05, 3.63) is 87.0 Å². The van der Waals surface area contributed by atoms with Crippen LogP contribution in [-0.2, 0) is 6.54 Å². The minimum Gasteiger partial charge on any atom is -0.492 e. The molecule has 10 heteroatoms. The van der Waals surface area contributed by atoms with Crippen molar-refractivity contribution in [3.63, 3.8) is 0 Å². The highest BCUT2D eigenvalue weighted by Gasteiger charge is 2.28. The summed E-state index contributed by atoms with van der Waals surface area (Å²) in [6.45, 7) is 7.39. The molecule has 0 spiro atoms. The van der Waals surface area contributed by atoms with E-state index in [1.54, 1.807) is 12.3 Å². The molecule has 0 radical (unpaired) electrons. The molecule has 0 unspecified atom stereocenters. The highest BCUT2D eigenvalue weighted by molar-refractivity contribution is 6.35. The number of rotatable bonds is 9. The number of para-hydroxylation sites is 1. The number of hydrogen-bond acceptors (Lipinski definition) is 6. The topological polar surface area (TPSA) is 60.9 Å². The Labute approximate surface area is 251 Å². The van der Waals surface area contributed by atoms with Gasteiger partial charge in [0.2, 0.25) is 0 Å². The second-order valence-electron chi connectivity index (χ2n) is 10.2. The smallest absolute Gasteiger partial charge is 0.253 e. The molecule has 3 aromatic rings. The molecular weight excluding hydrogens is 569 g/mol. The van der Waals surface area contributed by atoms with E-state index < -0.39 is 0 Å². The number of piperazine rings is 1. The maximum Gasteiger partial charge on any atom is 0.253 e. The number of anilines is 1. The summed E-state index contributed by atoms with van der Waals surface area (Å²) in [5.74, 6) is 1.29. The van der Waals surface area contributed by atoms with Crippen molar-refractivity contribution in [3.8, 4) is 5.75 Å². The van der Waals surface area contributed by atoms with Gasteiger partial charge in [0.25, 0.3) is 5.91 Å². The second kappa shape index (κ2) is 13.9.